The van der Waals surface area contributed by atoms with Gasteiger partial charge in [-0.25, -0.2) is 9.78 Å². The smallest absolute Gasteiger partial charge is 0.314 e. The summed E-state index contributed by atoms with van der Waals surface area (Å²) in [4.78, 5) is 20.7. The van der Waals surface area contributed by atoms with Gasteiger partial charge in [0.05, 0.1) is 0 Å². The van der Waals surface area contributed by atoms with E-state index in [1.807, 2.05) is 31.2 Å². The first-order valence-corrected chi connectivity index (χ1v) is 10.3. The predicted molar refractivity (Wildman–Crippen MR) is 110 cm³/mol. The van der Waals surface area contributed by atoms with E-state index in [0.717, 1.165) is 60.7 Å². The van der Waals surface area contributed by atoms with Crippen LogP contribution in [-0.4, -0.2) is 66.1 Å². The average Bonchev–Trinajstić information content (AvgIpc) is 3.13. The van der Waals surface area contributed by atoms with Gasteiger partial charge in [0.2, 0.25) is 5.13 Å². The van der Waals surface area contributed by atoms with Crippen LogP contribution in [0.5, 0.6) is 0 Å². The number of anilines is 1. The molecule has 146 valence electrons. The number of hydrogen-bond donors (Lipinski definition) is 2. The van der Waals surface area contributed by atoms with Crippen LogP contribution in [0.3, 0.4) is 0 Å². The second-order valence-corrected chi connectivity index (χ2v) is 7.58. The molecule has 0 radical (unpaired) electrons. The molecule has 2 heterocycles. The Morgan fingerprint density at radius 3 is 2.63 bits per heavy atom. The maximum absolute atomic E-state index is 11.4. The van der Waals surface area contributed by atoms with Crippen LogP contribution in [0, 0.1) is 0 Å². The zero-order chi connectivity index (χ0) is 19.1. The zero-order valence-electron chi connectivity index (χ0n) is 15.4. The lowest BCUT2D eigenvalue weighted by Gasteiger charge is -2.34. The van der Waals surface area contributed by atoms with Crippen LogP contribution >= 0.6 is 23.1 Å². The highest BCUT2D eigenvalue weighted by Gasteiger charge is 2.20. The maximum Gasteiger partial charge on any atom is 0.314 e. The Balaban J connectivity index is 1.42. The lowest BCUT2D eigenvalue weighted by Crippen LogP contribution is -2.49. The molecule has 2 N–H and O–H groups in total. The summed E-state index contributed by atoms with van der Waals surface area (Å²) in [7, 11) is 0. The molecule has 0 atom stereocenters. The van der Waals surface area contributed by atoms with Gasteiger partial charge < -0.3 is 15.5 Å². The molecule has 0 spiro atoms. The zero-order valence-corrected chi connectivity index (χ0v) is 17.0. The normalized spacial score (nSPS) is 15.0. The maximum atomic E-state index is 11.4. The van der Waals surface area contributed by atoms with Crippen LogP contribution in [0.15, 0.2) is 24.3 Å². The Morgan fingerprint density at radius 2 is 1.93 bits per heavy atom. The van der Waals surface area contributed by atoms with Gasteiger partial charge in [0, 0.05) is 68.8 Å². The molecule has 0 saturated carbocycles. The molecule has 7 nitrogen and oxygen atoms in total. The molecule has 1 aliphatic heterocycles. The number of amides is 2. The lowest BCUT2D eigenvalue weighted by molar-refractivity contribution is 0.232. The molecule has 2 aromatic rings. The van der Waals surface area contributed by atoms with E-state index >= 15 is 0 Å². The van der Waals surface area contributed by atoms with Crippen molar-refractivity contribution in [3.05, 3.63) is 40.7 Å². The summed E-state index contributed by atoms with van der Waals surface area (Å²) >= 11 is 7.39. The van der Waals surface area contributed by atoms with Crippen LogP contribution in [0.2, 0.25) is 5.02 Å². The summed E-state index contributed by atoms with van der Waals surface area (Å²) in [6.45, 7) is 7.86. The number of benzene rings is 1. The molecule has 1 aromatic heterocycles. The number of piperazine rings is 1. The SMILES string of the molecule is CCNC(=O)NCCN1CCN(c2nc(Cc3ccc(Cl)cc3)ns2)CC1. The van der Waals surface area contributed by atoms with E-state index in [2.05, 4.69) is 24.8 Å². The van der Waals surface area contributed by atoms with E-state index < -0.39 is 0 Å². The molecular formula is C18H25ClN6OS. The number of carbonyl (C=O) groups excluding carboxylic acids is 1. The third kappa shape index (κ3) is 6.05. The summed E-state index contributed by atoms with van der Waals surface area (Å²) in [5.41, 5.74) is 1.16. The van der Waals surface area contributed by atoms with Gasteiger partial charge >= 0.3 is 6.03 Å². The monoisotopic (exact) mass is 408 g/mol. The highest BCUT2D eigenvalue weighted by atomic mass is 35.5. The number of nitrogens with zero attached hydrogens (tertiary/aromatic N) is 4. The standard InChI is InChI=1S/C18H25ClN6OS/c1-2-20-17(26)21-7-8-24-9-11-25(12-10-24)18-22-16(23-27-18)13-14-3-5-15(19)6-4-14/h3-6H,2,7-13H2,1H3,(H2,20,21,26). The lowest BCUT2D eigenvalue weighted by atomic mass is 10.1. The molecule has 1 fully saturated rings. The van der Waals surface area contributed by atoms with Crippen molar-refractivity contribution in [1.29, 1.82) is 0 Å². The number of rotatable bonds is 7. The largest absolute Gasteiger partial charge is 0.344 e. The van der Waals surface area contributed by atoms with E-state index in [4.69, 9.17) is 16.6 Å². The molecule has 2 amide bonds. The van der Waals surface area contributed by atoms with Crippen molar-refractivity contribution < 1.29 is 4.79 Å². The quantitative estimate of drug-likeness (QED) is 0.734. The Hall–Kier alpha value is -1.90. The highest BCUT2D eigenvalue weighted by Crippen LogP contribution is 2.21. The fourth-order valence-corrected chi connectivity index (χ4v) is 3.81. The first kappa shape index (κ1) is 19.9. The Bertz CT molecular complexity index is 730. The minimum atomic E-state index is -0.0989. The molecule has 1 saturated heterocycles. The summed E-state index contributed by atoms with van der Waals surface area (Å²) in [6, 6.07) is 7.71. The van der Waals surface area contributed by atoms with E-state index in [1.54, 1.807) is 0 Å². The van der Waals surface area contributed by atoms with Crippen molar-refractivity contribution >= 4 is 34.3 Å². The Morgan fingerprint density at radius 1 is 1.19 bits per heavy atom. The molecule has 1 aliphatic rings. The van der Waals surface area contributed by atoms with Crippen molar-refractivity contribution in [2.24, 2.45) is 0 Å². The number of nitrogens with one attached hydrogen (secondary N) is 2. The second kappa shape index (κ2) is 9.87. The fraction of sp³-hybridized carbons (Fsp3) is 0.500. The fourth-order valence-electron chi connectivity index (χ4n) is 2.94. The molecule has 0 bridgehead atoms. The van der Waals surface area contributed by atoms with Gasteiger partial charge in [-0.15, -0.1) is 0 Å². The van der Waals surface area contributed by atoms with Crippen LogP contribution in [0.1, 0.15) is 18.3 Å². The molecular weight excluding hydrogens is 384 g/mol. The third-order valence-electron chi connectivity index (χ3n) is 4.43. The van der Waals surface area contributed by atoms with Gasteiger partial charge in [-0.2, -0.15) is 4.37 Å². The number of halogens is 1. The molecule has 27 heavy (non-hydrogen) atoms. The number of aromatic nitrogens is 2. The van der Waals surface area contributed by atoms with Crippen molar-refractivity contribution in [3.8, 4) is 0 Å². The molecule has 3 rings (SSSR count). The Kier molecular flexibility index (Phi) is 7.25. The highest BCUT2D eigenvalue weighted by molar-refractivity contribution is 7.09. The van der Waals surface area contributed by atoms with Crippen LogP contribution in [0.25, 0.3) is 0 Å². The summed E-state index contributed by atoms with van der Waals surface area (Å²) in [5, 5.41) is 7.33. The van der Waals surface area contributed by atoms with E-state index in [-0.39, 0.29) is 6.03 Å². The van der Waals surface area contributed by atoms with Crippen molar-refractivity contribution in [3.63, 3.8) is 0 Å². The second-order valence-electron chi connectivity index (χ2n) is 6.41. The molecule has 0 unspecified atom stereocenters. The van der Waals surface area contributed by atoms with Crippen molar-refractivity contribution in [2.45, 2.75) is 13.3 Å². The first-order valence-electron chi connectivity index (χ1n) is 9.20. The van der Waals surface area contributed by atoms with Gasteiger partial charge in [0.1, 0.15) is 5.82 Å². The molecule has 1 aromatic carbocycles. The predicted octanol–water partition coefficient (Wildman–Crippen LogP) is 2.22. The van der Waals surface area contributed by atoms with Gasteiger partial charge in [0.25, 0.3) is 0 Å². The Labute approximate surface area is 168 Å². The van der Waals surface area contributed by atoms with E-state index in [9.17, 15) is 4.79 Å². The number of urea groups is 1. The summed E-state index contributed by atoms with van der Waals surface area (Å²) in [6.07, 6.45) is 0.721. The minimum Gasteiger partial charge on any atom is -0.344 e. The summed E-state index contributed by atoms with van der Waals surface area (Å²) in [5.74, 6) is 0.853. The van der Waals surface area contributed by atoms with Crippen LogP contribution in [-0.2, 0) is 6.42 Å². The number of hydrogen-bond acceptors (Lipinski definition) is 6. The van der Waals surface area contributed by atoms with Gasteiger partial charge in [0.15, 0.2) is 0 Å². The van der Waals surface area contributed by atoms with Gasteiger partial charge in [-0.3, -0.25) is 4.90 Å². The molecule has 9 heteroatoms. The first-order chi connectivity index (χ1) is 13.1. The topological polar surface area (TPSA) is 73.4 Å². The van der Waals surface area contributed by atoms with Crippen molar-refractivity contribution in [2.75, 3.05) is 50.7 Å². The van der Waals surface area contributed by atoms with Crippen molar-refractivity contribution in [1.82, 2.24) is 24.9 Å². The van der Waals surface area contributed by atoms with Gasteiger partial charge in [-0.1, -0.05) is 23.7 Å². The average molecular weight is 409 g/mol. The van der Waals surface area contributed by atoms with Gasteiger partial charge in [-0.05, 0) is 24.6 Å². The van der Waals surface area contributed by atoms with E-state index in [0.29, 0.717) is 13.1 Å². The third-order valence-corrected chi connectivity index (χ3v) is 5.49. The molecule has 0 aliphatic carbocycles. The van der Waals surface area contributed by atoms with Crippen LogP contribution in [0.4, 0.5) is 9.93 Å². The summed E-state index contributed by atoms with van der Waals surface area (Å²) < 4.78 is 4.50. The minimum absolute atomic E-state index is 0.0989. The van der Waals surface area contributed by atoms with E-state index in [1.165, 1.54) is 11.5 Å². The number of carbonyl (C=O) groups is 1. The van der Waals surface area contributed by atoms with Crippen LogP contribution < -0.4 is 15.5 Å².